The number of hydrogen-bond donors (Lipinski definition) is 0. The van der Waals surface area contributed by atoms with Crippen molar-refractivity contribution in [2.24, 2.45) is 5.92 Å². The van der Waals surface area contributed by atoms with E-state index in [9.17, 15) is 14.4 Å². The molecule has 0 aromatic carbocycles. The van der Waals surface area contributed by atoms with Crippen LogP contribution in [0.15, 0.2) is 11.1 Å². The minimum atomic E-state index is -0.156. The summed E-state index contributed by atoms with van der Waals surface area (Å²) >= 11 is 0. The van der Waals surface area contributed by atoms with Gasteiger partial charge < -0.3 is 9.80 Å². The first-order valence-electron chi connectivity index (χ1n) is 9.47. The molecular weight excluding hydrogens is 332 g/mol. The lowest BCUT2D eigenvalue weighted by Crippen LogP contribution is -2.45. The van der Waals surface area contributed by atoms with Crippen LogP contribution in [0.1, 0.15) is 50.8 Å². The van der Waals surface area contributed by atoms with Gasteiger partial charge in [-0.05, 0) is 25.2 Å². The van der Waals surface area contributed by atoms with Crippen LogP contribution in [0.2, 0.25) is 0 Å². The molecule has 2 atom stereocenters. The number of rotatable bonds is 3. The van der Waals surface area contributed by atoms with Crippen LogP contribution in [-0.4, -0.2) is 50.8 Å². The summed E-state index contributed by atoms with van der Waals surface area (Å²) in [5.74, 6) is 0.433. The van der Waals surface area contributed by atoms with Gasteiger partial charge in [0.25, 0.3) is 5.56 Å². The fourth-order valence-electron chi connectivity index (χ4n) is 4.16. The van der Waals surface area contributed by atoms with Gasteiger partial charge in [0.2, 0.25) is 11.8 Å². The molecule has 1 aliphatic carbocycles. The quantitative estimate of drug-likeness (QED) is 0.811. The molecule has 1 aromatic rings. The second-order valence-electron chi connectivity index (χ2n) is 7.63. The van der Waals surface area contributed by atoms with E-state index in [2.05, 4.69) is 11.9 Å². The lowest BCUT2D eigenvalue weighted by molar-refractivity contribution is -0.134. The highest BCUT2D eigenvalue weighted by Crippen LogP contribution is 2.27. The average molecular weight is 360 g/mol. The largest absolute Gasteiger partial charge is 0.341 e. The second kappa shape index (κ2) is 7.60. The van der Waals surface area contributed by atoms with Crippen molar-refractivity contribution in [2.75, 3.05) is 13.6 Å². The molecule has 0 spiro atoms. The summed E-state index contributed by atoms with van der Waals surface area (Å²) in [5, 5.41) is 0. The van der Waals surface area contributed by atoms with Gasteiger partial charge in [-0.15, -0.1) is 0 Å². The van der Waals surface area contributed by atoms with Gasteiger partial charge in [-0.3, -0.25) is 19.0 Å². The van der Waals surface area contributed by atoms with Crippen molar-refractivity contribution >= 4 is 11.8 Å². The van der Waals surface area contributed by atoms with Gasteiger partial charge in [0.1, 0.15) is 6.54 Å². The van der Waals surface area contributed by atoms with Gasteiger partial charge in [-0.25, -0.2) is 4.98 Å². The lowest BCUT2D eigenvalue weighted by Gasteiger charge is -2.36. The van der Waals surface area contributed by atoms with E-state index in [1.54, 1.807) is 4.90 Å². The van der Waals surface area contributed by atoms with Crippen molar-refractivity contribution in [1.29, 1.82) is 0 Å². The molecular formula is C19H28N4O3. The van der Waals surface area contributed by atoms with E-state index in [-0.39, 0.29) is 30.0 Å². The maximum Gasteiger partial charge on any atom is 0.257 e. The van der Waals surface area contributed by atoms with E-state index in [1.165, 1.54) is 24.2 Å². The van der Waals surface area contributed by atoms with Gasteiger partial charge in [0, 0.05) is 32.1 Å². The lowest BCUT2D eigenvalue weighted by atomic mass is 9.85. The van der Waals surface area contributed by atoms with Crippen LogP contribution in [0.5, 0.6) is 0 Å². The predicted octanol–water partition coefficient (Wildman–Crippen LogP) is 1.19. The van der Waals surface area contributed by atoms with Gasteiger partial charge in [-0.2, -0.15) is 0 Å². The van der Waals surface area contributed by atoms with Crippen molar-refractivity contribution in [3.05, 3.63) is 27.9 Å². The maximum absolute atomic E-state index is 12.7. The Morgan fingerprint density at radius 1 is 1.31 bits per heavy atom. The molecule has 1 aromatic heterocycles. The van der Waals surface area contributed by atoms with Crippen LogP contribution in [0.4, 0.5) is 0 Å². The highest BCUT2D eigenvalue weighted by molar-refractivity contribution is 5.76. The van der Waals surface area contributed by atoms with Crippen LogP contribution in [-0.2, 0) is 29.1 Å². The van der Waals surface area contributed by atoms with Crippen LogP contribution < -0.4 is 5.56 Å². The Bertz CT molecular complexity index is 758. The summed E-state index contributed by atoms with van der Waals surface area (Å²) in [7, 11) is 1.84. The van der Waals surface area contributed by atoms with Gasteiger partial charge in [0.15, 0.2) is 0 Å². The summed E-state index contributed by atoms with van der Waals surface area (Å²) < 4.78 is 1.41. The van der Waals surface area contributed by atoms with Crippen molar-refractivity contribution in [2.45, 2.75) is 65.1 Å². The van der Waals surface area contributed by atoms with E-state index in [0.717, 1.165) is 19.3 Å². The molecule has 2 heterocycles. The number of aromatic nitrogens is 2. The molecule has 0 N–H and O–H groups in total. The monoisotopic (exact) mass is 360 g/mol. The zero-order chi connectivity index (χ0) is 18.8. The van der Waals surface area contributed by atoms with Gasteiger partial charge in [0.05, 0.1) is 18.6 Å². The Hall–Kier alpha value is -2.18. The fraction of sp³-hybridized carbons (Fsp3) is 0.684. The molecule has 1 fully saturated rings. The highest BCUT2D eigenvalue weighted by atomic mass is 16.2. The molecule has 0 bridgehead atoms. The molecule has 1 saturated carbocycles. The van der Waals surface area contributed by atoms with E-state index in [1.807, 2.05) is 11.9 Å². The molecule has 0 unspecified atom stereocenters. The van der Waals surface area contributed by atoms with Crippen molar-refractivity contribution in [1.82, 2.24) is 19.4 Å². The smallest absolute Gasteiger partial charge is 0.257 e. The summed E-state index contributed by atoms with van der Waals surface area (Å²) in [4.78, 5) is 44.8. The standard InChI is InChI=1S/C19H28N4O3/c1-13-6-4-5-7-17(13)21(3)18(25)11-23-12-20-16-10-22(14(2)24)9-8-15(16)19(23)26/h12-13,17H,4-11H2,1-3H3/t13-,17-/m1/s1. The van der Waals surface area contributed by atoms with Crippen LogP contribution in [0.3, 0.4) is 0 Å². The van der Waals surface area contributed by atoms with Gasteiger partial charge in [-0.1, -0.05) is 19.8 Å². The third-order valence-corrected chi connectivity index (χ3v) is 5.90. The molecule has 7 heteroatoms. The number of fused-ring (bicyclic) bond motifs is 1. The van der Waals surface area contributed by atoms with Crippen LogP contribution >= 0.6 is 0 Å². The van der Waals surface area contributed by atoms with Crippen LogP contribution in [0, 0.1) is 5.92 Å². The first kappa shape index (κ1) is 18.6. The second-order valence-corrected chi connectivity index (χ2v) is 7.63. The minimum Gasteiger partial charge on any atom is -0.341 e. The van der Waals surface area contributed by atoms with Crippen LogP contribution in [0.25, 0.3) is 0 Å². The van der Waals surface area contributed by atoms with Crippen molar-refractivity contribution in [3.63, 3.8) is 0 Å². The highest BCUT2D eigenvalue weighted by Gasteiger charge is 2.28. The van der Waals surface area contributed by atoms with E-state index >= 15 is 0 Å². The topological polar surface area (TPSA) is 75.5 Å². The maximum atomic E-state index is 12.7. The van der Waals surface area contributed by atoms with E-state index in [0.29, 0.717) is 36.7 Å². The zero-order valence-corrected chi connectivity index (χ0v) is 15.9. The number of carbonyl (C=O) groups excluding carboxylic acids is 2. The van der Waals surface area contributed by atoms with Gasteiger partial charge >= 0.3 is 0 Å². The third kappa shape index (κ3) is 3.66. The normalized spacial score (nSPS) is 22.7. The Kier molecular flexibility index (Phi) is 5.44. The Morgan fingerprint density at radius 3 is 2.73 bits per heavy atom. The Morgan fingerprint density at radius 2 is 2.04 bits per heavy atom. The molecule has 2 amide bonds. The van der Waals surface area contributed by atoms with Crippen molar-refractivity contribution < 1.29 is 9.59 Å². The minimum absolute atomic E-state index is 0.0139. The average Bonchev–Trinajstić information content (AvgIpc) is 2.63. The Labute approximate surface area is 154 Å². The first-order valence-corrected chi connectivity index (χ1v) is 9.47. The molecule has 2 aliphatic rings. The summed E-state index contributed by atoms with van der Waals surface area (Å²) in [6, 6.07) is 0.252. The molecule has 3 rings (SSSR count). The zero-order valence-electron chi connectivity index (χ0n) is 15.9. The first-order chi connectivity index (χ1) is 12.4. The SMILES string of the molecule is CC(=O)N1CCc2c(ncn(CC(=O)N(C)[C@@H]3CCCC[C@H]3C)c2=O)C1. The molecule has 26 heavy (non-hydrogen) atoms. The van der Waals surface area contributed by atoms with E-state index in [4.69, 9.17) is 0 Å². The fourth-order valence-corrected chi connectivity index (χ4v) is 4.16. The van der Waals surface area contributed by atoms with E-state index < -0.39 is 0 Å². The number of likely N-dealkylation sites (N-methyl/N-ethyl adjacent to an activating group) is 1. The number of amides is 2. The Balaban J connectivity index is 1.73. The molecule has 1 aliphatic heterocycles. The third-order valence-electron chi connectivity index (χ3n) is 5.90. The molecule has 7 nitrogen and oxygen atoms in total. The summed E-state index contributed by atoms with van der Waals surface area (Å²) in [6.45, 7) is 4.63. The molecule has 0 saturated heterocycles. The number of hydrogen-bond acceptors (Lipinski definition) is 4. The predicted molar refractivity (Wildman–Crippen MR) is 97.5 cm³/mol. The number of nitrogens with zero attached hydrogens (tertiary/aromatic N) is 4. The van der Waals surface area contributed by atoms with Crippen molar-refractivity contribution in [3.8, 4) is 0 Å². The molecule has 0 radical (unpaired) electrons. The summed E-state index contributed by atoms with van der Waals surface area (Å²) in [6.07, 6.45) is 6.49. The summed E-state index contributed by atoms with van der Waals surface area (Å²) in [5.41, 5.74) is 1.12. The molecule has 142 valence electrons. The number of carbonyl (C=O) groups is 2.